The minimum absolute atomic E-state index is 0.00131. The smallest absolute Gasteiger partial charge is 0.239 e. The van der Waals surface area contributed by atoms with Crippen LogP contribution in [0.3, 0.4) is 0 Å². The van der Waals surface area contributed by atoms with Gasteiger partial charge in [0.1, 0.15) is 0 Å². The van der Waals surface area contributed by atoms with Gasteiger partial charge in [-0.05, 0) is 31.7 Å². The zero-order chi connectivity index (χ0) is 17.8. The van der Waals surface area contributed by atoms with Crippen molar-refractivity contribution in [3.8, 4) is 0 Å². The fraction of sp³-hybridized carbons (Fsp3) is 0.579. The van der Waals surface area contributed by atoms with Crippen LogP contribution in [0.2, 0.25) is 0 Å². The second-order valence-corrected chi connectivity index (χ2v) is 7.12. The third-order valence-electron chi connectivity index (χ3n) is 5.09. The lowest BCUT2D eigenvalue weighted by atomic mass is 10.1. The van der Waals surface area contributed by atoms with Crippen LogP contribution in [-0.4, -0.2) is 65.9 Å². The maximum Gasteiger partial charge on any atom is 0.239 e. The normalized spacial score (nSPS) is 20.8. The fourth-order valence-corrected chi connectivity index (χ4v) is 3.23. The van der Waals surface area contributed by atoms with Gasteiger partial charge < -0.3 is 16.0 Å². The van der Waals surface area contributed by atoms with Crippen LogP contribution in [0.15, 0.2) is 30.3 Å². The highest BCUT2D eigenvalue weighted by atomic mass is 16.2. The van der Waals surface area contributed by atoms with Gasteiger partial charge in [-0.15, -0.1) is 0 Å². The molecular weight excluding hydrogens is 316 g/mol. The lowest BCUT2D eigenvalue weighted by Crippen LogP contribution is -2.57. The van der Waals surface area contributed by atoms with Crippen molar-refractivity contribution in [2.45, 2.75) is 44.3 Å². The summed E-state index contributed by atoms with van der Waals surface area (Å²) in [6.45, 7) is 4.62. The zero-order valence-corrected chi connectivity index (χ0v) is 14.9. The molecule has 2 unspecified atom stereocenters. The van der Waals surface area contributed by atoms with E-state index in [0.29, 0.717) is 38.6 Å². The van der Waals surface area contributed by atoms with Crippen LogP contribution in [0.25, 0.3) is 0 Å². The molecule has 1 aliphatic carbocycles. The van der Waals surface area contributed by atoms with Crippen LogP contribution in [0.5, 0.6) is 0 Å². The first-order valence-corrected chi connectivity index (χ1v) is 9.17. The van der Waals surface area contributed by atoms with Crippen molar-refractivity contribution in [1.82, 2.24) is 15.1 Å². The summed E-state index contributed by atoms with van der Waals surface area (Å²) in [4.78, 5) is 28.7. The summed E-state index contributed by atoms with van der Waals surface area (Å²) < 4.78 is 0. The molecule has 25 heavy (non-hydrogen) atoms. The summed E-state index contributed by atoms with van der Waals surface area (Å²) in [7, 11) is 0. The van der Waals surface area contributed by atoms with Gasteiger partial charge in [-0.25, -0.2) is 0 Å². The molecule has 1 saturated carbocycles. The number of hydrogen-bond donors (Lipinski definition) is 2. The van der Waals surface area contributed by atoms with Crippen molar-refractivity contribution in [2.75, 3.05) is 26.2 Å². The Balaban J connectivity index is 1.46. The third kappa shape index (κ3) is 4.80. The summed E-state index contributed by atoms with van der Waals surface area (Å²) >= 11 is 0. The van der Waals surface area contributed by atoms with Crippen LogP contribution in [-0.2, 0) is 16.0 Å². The molecule has 2 atom stereocenters. The van der Waals surface area contributed by atoms with Gasteiger partial charge in [0.15, 0.2) is 0 Å². The first-order chi connectivity index (χ1) is 12.0. The van der Waals surface area contributed by atoms with Crippen molar-refractivity contribution in [3.63, 3.8) is 0 Å². The number of nitrogens with zero attached hydrogens (tertiary/aromatic N) is 2. The van der Waals surface area contributed by atoms with Crippen LogP contribution in [0.1, 0.15) is 25.3 Å². The van der Waals surface area contributed by atoms with Crippen molar-refractivity contribution in [3.05, 3.63) is 35.9 Å². The molecular formula is C19H28N4O2. The van der Waals surface area contributed by atoms with E-state index in [0.717, 1.165) is 18.4 Å². The molecule has 1 aromatic rings. The van der Waals surface area contributed by atoms with Crippen molar-refractivity contribution >= 4 is 11.8 Å². The lowest BCUT2D eigenvalue weighted by molar-refractivity contribution is -0.135. The minimum atomic E-state index is -0.510. The molecule has 0 bridgehead atoms. The van der Waals surface area contributed by atoms with Crippen LogP contribution in [0.4, 0.5) is 0 Å². The van der Waals surface area contributed by atoms with Gasteiger partial charge in [0.2, 0.25) is 11.8 Å². The van der Waals surface area contributed by atoms with Crippen molar-refractivity contribution in [1.29, 1.82) is 0 Å². The number of rotatable bonds is 6. The highest BCUT2D eigenvalue weighted by molar-refractivity contribution is 5.83. The first kappa shape index (κ1) is 17.9. The SMILES string of the molecule is CC(C(=O)NC1CC1)N1CCN(C(=O)C(N)Cc2ccccc2)CC1. The Hall–Kier alpha value is -1.92. The van der Waals surface area contributed by atoms with Crippen molar-refractivity contribution < 1.29 is 9.59 Å². The molecule has 6 nitrogen and oxygen atoms in total. The van der Waals surface area contributed by atoms with Crippen LogP contribution >= 0.6 is 0 Å². The monoisotopic (exact) mass is 344 g/mol. The molecule has 3 N–H and O–H groups in total. The number of amides is 2. The Morgan fingerprint density at radius 1 is 1.16 bits per heavy atom. The van der Waals surface area contributed by atoms with Gasteiger partial charge in [0, 0.05) is 32.2 Å². The highest BCUT2D eigenvalue weighted by Gasteiger charge is 2.31. The Kier molecular flexibility index (Phi) is 5.71. The minimum Gasteiger partial charge on any atom is -0.352 e. The number of hydrogen-bond acceptors (Lipinski definition) is 4. The number of nitrogens with two attached hydrogens (primary N) is 1. The summed E-state index contributed by atoms with van der Waals surface area (Å²) in [5.74, 6) is 0.0987. The molecule has 1 aromatic carbocycles. The summed E-state index contributed by atoms with van der Waals surface area (Å²) in [6.07, 6.45) is 2.75. The molecule has 1 saturated heterocycles. The second kappa shape index (κ2) is 7.97. The molecule has 0 spiro atoms. The maximum absolute atomic E-state index is 12.6. The predicted octanol–water partition coefficient (Wildman–Crippen LogP) is 0.368. The molecule has 0 radical (unpaired) electrons. The Bertz CT molecular complexity index is 595. The largest absolute Gasteiger partial charge is 0.352 e. The highest BCUT2D eigenvalue weighted by Crippen LogP contribution is 2.19. The van der Waals surface area contributed by atoms with E-state index in [9.17, 15) is 9.59 Å². The van der Waals surface area contributed by atoms with E-state index in [2.05, 4.69) is 10.2 Å². The molecule has 1 aliphatic heterocycles. The summed E-state index contributed by atoms with van der Waals surface area (Å²) in [5.41, 5.74) is 7.19. The second-order valence-electron chi connectivity index (χ2n) is 7.12. The van der Waals surface area contributed by atoms with E-state index in [4.69, 9.17) is 5.73 Å². The predicted molar refractivity (Wildman–Crippen MR) is 96.9 cm³/mol. The van der Waals surface area contributed by atoms with Gasteiger partial charge in [-0.1, -0.05) is 30.3 Å². The van der Waals surface area contributed by atoms with E-state index in [1.54, 1.807) is 0 Å². The van der Waals surface area contributed by atoms with E-state index in [1.807, 2.05) is 42.2 Å². The molecule has 2 amide bonds. The van der Waals surface area contributed by atoms with Gasteiger partial charge in [-0.3, -0.25) is 14.5 Å². The van der Waals surface area contributed by atoms with E-state index < -0.39 is 6.04 Å². The van der Waals surface area contributed by atoms with E-state index in [1.165, 1.54) is 0 Å². The van der Waals surface area contributed by atoms with Crippen molar-refractivity contribution in [2.24, 2.45) is 5.73 Å². The number of nitrogens with one attached hydrogen (secondary N) is 1. The van der Waals surface area contributed by atoms with Crippen LogP contribution in [0, 0.1) is 0 Å². The Morgan fingerprint density at radius 3 is 2.40 bits per heavy atom. The molecule has 3 rings (SSSR count). The van der Waals surface area contributed by atoms with E-state index >= 15 is 0 Å². The van der Waals surface area contributed by atoms with Crippen LogP contribution < -0.4 is 11.1 Å². The molecule has 2 fully saturated rings. The fourth-order valence-electron chi connectivity index (χ4n) is 3.23. The summed E-state index contributed by atoms with van der Waals surface area (Å²) in [5, 5.41) is 3.05. The van der Waals surface area contributed by atoms with Gasteiger partial charge in [0.05, 0.1) is 12.1 Å². The molecule has 6 heteroatoms. The molecule has 0 aromatic heterocycles. The molecule has 1 heterocycles. The van der Waals surface area contributed by atoms with Gasteiger partial charge in [0.25, 0.3) is 0 Å². The first-order valence-electron chi connectivity index (χ1n) is 9.17. The quantitative estimate of drug-likeness (QED) is 0.781. The Morgan fingerprint density at radius 2 is 1.80 bits per heavy atom. The number of benzene rings is 1. The molecule has 136 valence electrons. The topological polar surface area (TPSA) is 78.7 Å². The summed E-state index contributed by atoms with van der Waals surface area (Å²) in [6, 6.07) is 9.58. The third-order valence-corrected chi connectivity index (χ3v) is 5.09. The number of piperazine rings is 1. The number of carbonyl (C=O) groups excluding carboxylic acids is 2. The van der Waals surface area contributed by atoms with E-state index in [-0.39, 0.29) is 17.9 Å². The Labute approximate surface area is 149 Å². The zero-order valence-electron chi connectivity index (χ0n) is 14.9. The lowest BCUT2D eigenvalue weighted by Gasteiger charge is -2.38. The molecule has 2 aliphatic rings. The van der Waals surface area contributed by atoms with Gasteiger partial charge in [-0.2, -0.15) is 0 Å². The average molecular weight is 344 g/mol. The standard InChI is InChI=1S/C19H28N4O2/c1-14(18(24)21-16-7-8-16)22-9-11-23(12-10-22)19(25)17(20)13-15-5-3-2-4-6-15/h2-6,14,16-17H,7-13,20H2,1H3,(H,21,24). The van der Waals surface area contributed by atoms with Gasteiger partial charge >= 0.3 is 0 Å². The average Bonchev–Trinajstić information content (AvgIpc) is 3.45. The maximum atomic E-state index is 12.6. The number of carbonyl (C=O) groups is 2.